The highest BCUT2D eigenvalue weighted by molar-refractivity contribution is 5.87. The van der Waals surface area contributed by atoms with Crippen LogP contribution in [-0.4, -0.2) is 53.6 Å². The Kier molecular flexibility index (Phi) is 8.77. The zero-order valence-electron chi connectivity index (χ0n) is 18.7. The molecular weight excluding hydrogens is 342 g/mol. The Hall–Kier alpha value is -1.82. The number of aliphatic carboxylic acids is 1. The zero-order chi connectivity index (χ0) is 21.7. The summed E-state index contributed by atoms with van der Waals surface area (Å²) >= 11 is 0. The molecule has 2 atom stereocenters. The lowest BCUT2D eigenvalue weighted by Gasteiger charge is -2.40. The van der Waals surface area contributed by atoms with Gasteiger partial charge in [0.15, 0.2) is 0 Å². The molecule has 0 radical (unpaired) electrons. The molecule has 1 amide bonds. The molecule has 27 heavy (non-hydrogen) atoms. The van der Waals surface area contributed by atoms with E-state index in [1.807, 2.05) is 55.5 Å². The van der Waals surface area contributed by atoms with E-state index in [9.17, 15) is 14.7 Å². The van der Waals surface area contributed by atoms with Crippen molar-refractivity contribution in [3.05, 3.63) is 23.9 Å². The molecule has 0 aliphatic rings. The molecule has 6 nitrogen and oxygen atoms in total. The van der Waals surface area contributed by atoms with Crippen LogP contribution in [0.1, 0.15) is 55.4 Å². The van der Waals surface area contributed by atoms with Gasteiger partial charge < -0.3 is 20.6 Å². The lowest BCUT2D eigenvalue weighted by atomic mass is 9.84. The van der Waals surface area contributed by atoms with Gasteiger partial charge in [0.05, 0.1) is 11.6 Å². The monoisotopic (exact) mass is 381 g/mol. The molecular formula is C21H39N3O3. The van der Waals surface area contributed by atoms with Crippen molar-refractivity contribution in [2.75, 3.05) is 14.1 Å². The molecule has 0 aromatic heterocycles. The summed E-state index contributed by atoms with van der Waals surface area (Å²) in [6.45, 7) is 19.6. The number of carbonyl (C=O) groups excluding carboxylic acids is 1. The molecule has 3 N–H and O–H groups in total. The van der Waals surface area contributed by atoms with Crippen molar-refractivity contribution < 1.29 is 14.7 Å². The number of rotatable bonds is 9. The number of hydrogen-bond acceptors (Lipinski definition) is 4. The number of likely N-dealkylation sites (N-methyl/N-ethyl adjacent to an activating group) is 2. The predicted octanol–water partition coefficient (Wildman–Crippen LogP) is 3.02. The van der Waals surface area contributed by atoms with Crippen LogP contribution in [0.15, 0.2) is 23.9 Å². The molecule has 0 aliphatic heterocycles. The number of hydrogen-bond donors (Lipinski definition) is 3. The van der Waals surface area contributed by atoms with Crippen molar-refractivity contribution in [2.45, 2.75) is 73.0 Å². The van der Waals surface area contributed by atoms with E-state index in [0.29, 0.717) is 0 Å². The number of carboxylic acid groups (broad SMARTS) is 1. The number of carboxylic acids is 1. The molecule has 0 fully saturated rings. The van der Waals surface area contributed by atoms with Gasteiger partial charge >= 0.3 is 5.97 Å². The average molecular weight is 382 g/mol. The first kappa shape index (κ1) is 25.2. The van der Waals surface area contributed by atoms with E-state index in [1.165, 1.54) is 0 Å². The van der Waals surface area contributed by atoms with Crippen molar-refractivity contribution in [1.82, 2.24) is 15.5 Å². The molecule has 0 rings (SSSR count). The van der Waals surface area contributed by atoms with Gasteiger partial charge in [-0.05, 0) is 39.2 Å². The highest BCUT2D eigenvalue weighted by Gasteiger charge is 2.37. The van der Waals surface area contributed by atoms with Crippen LogP contribution in [0.2, 0.25) is 0 Å². The molecule has 0 aliphatic carbocycles. The summed E-state index contributed by atoms with van der Waals surface area (Å²) in [5, 5.41) is 15.7. The molecule has 0 heterocycles. The molecule has 0 saturated carbocycles. The van der Waals surface area contributed by atoms with Gasteiger partial charge in [0, 0.05) is 18.3 Å². The Bertz CT molecular complexity index is 586. The van der Waals surface area contributed by atoms with Crippen molar-refractivity contribution in [3.63, 3.8) is 0 Å². The molecule has 156 valence electrons. The fraction of sp³-hybridized carbons (Fsp3) is 0.714. The second-order valence-corrected chi connectivity index (χ2v) is 9.14. The van der Waals surface area contributed by atoms with E-state index < -0.39 is 12.0 Å². The SMILES string of the molecule is C=C(NC(C(=O)N(C)C(/C=C(\C)C(=O)O)C(C)C)C(C)(C)C)C(C)(C)NC. The average Bonchev–Trinajstić information content (AvgIpc) is 2.54. The standard InChI is InChI=1S/C21H39N3O3/c1-13(2)16(12-14(3)19(26)27)24(11)18(25)17(20(5,6)7)23-15(4)21(8,9)22-10/h12-13,16-17,22-23H,4H2,1-3,5-11H3,(H,26,27)/b14-12+. The van der Waals surface area contributed by atoms with Gasteiger partial charge in [-0.25, -0.2) is 4.79 Å². The third kappa shape index (κ3) is 7.01. The first-order valence-electron chi connectivity index (χ1n) is 9.39. The summed E-state index contributed by atoms with van der Waals surface area (Å²) in [5.41, 5.74) is 0.226. The highest BCUT2D eigenvalue weighted by atomic mass is 16.4. The second kappa shape index (κ2) is 9.40. The first-order chi connectivity index (χ1) is 12.1. The van der Waals surface area contributed by atoms with Gasteiger partial charge in [0.25, 0.3) is 0 Å². The summed E-state index contributed by atoms with van der Waals surface area (Å²) in [6.07, 6.45) is 1.65. The molecule has 2 unspecified atom stereocenters. The minimum atomic E-state index is -0.976. The first-order valence-corrected chi connectivity index (χ1v) is 9.39. The Morgan fingerprint density at radius 1 is 1.15 bits per heavy atom. The van der Waals surface area contributed by atoms with Crippen LogP contribution in [0.3, 0.4) is 0 Å². The maximum atomic E-state index is 13.4. The fourth-order valence-corrected chi connectivity index (χ4v) is 2.58. The number of amides is 1. The van der Waals surface area contributed by atoms with E-state index in [4.69, 9.17) is 0 Å². The zero-order valence-corrected chi connectivity index (χ0v) is 18.7. The van der Waals surface area contributed by atoms with E-state index in [1.54, 1.807) is 24.9 Å². The maximum Gasteiger partial charge on any atom is 0.331 e. The smallest absolute Gasteiger partial charge is 0.331 e. The van der Waals surface area contributed by atoms with Gasteiger partial charge in [-0.1, -0.05) is 47.3 Å². The summed E-state index contributed by atoms with van der Waals surface area (Å²) in [7, 11) is 3.58. The van der Waals surface area contributed by atoms with Gasteiger partial charge in [0.2, 0.25) is 5.91 Å². The van der Waals surface area contributed by atoms with Gasteiger partial charge in [0.1, 0.15) is 6.04 Å². The van der Waals surface area contributed by atoms with Gasteiger partial charge in [-0.15, -0.1) is 0 Å². The van der Waals surface area contributed by atoms with Crippen LogP contribution in [0.25, 0.3) is 0 Å². The molecule has 6 heteroatoms. The lowest BCUT2D eigenvalue weighted by Crippen LogP contribution is -2.57. The minimum absolute atomic E-state index is 0.0748. The third-order valence-corrected chi connectivity index (χ3v) is 5.05. The predicted molar refractivity (Wildman–Crippen MR) is 111 cm³/mol. The van der Waals surface area contributed by atoms with Crippen LogP contribution in [0, 0.1) is 11.3 Å². The second-order valence-electron chi connectivity index (χ2n) is 9.14. The Balaban J connectivity index is 5.81. The minimum Gasteiger partial charge on any atom is -0.478 e. The Morgan fingerprint density at radius 3 is 1.96 bits per heavy atom. The fourth-order valence-electron chi connectivity index (χ4n) is 2.58. The van der Waals surface area contributed by atoms with Crippen molar-refractivity contribution >= 4 is 11.9 Å². The highest BCUT2D eigenvalue weighted by Crippen LogP contribution is 2.25. The number of nitrogens with zero attached hydrogens (tertiary/aromatic N) is 1. The van der Waals surface area contributed by atoms with Gasteiger partial charge in [-0.3, -0.25) is 4.79 Å². The van der Waals surface area contributed by atoms with Crippen molar-refractivity contribution in [3.8, 4) is 0 Å². The topological polar surface area (TPSA) is 81.7 Å². The number of nitrogens with one attached hydrogen (secondary N) is 2. The maximum absolute atomic E-state index is 13.4. The van der Waals surface area contributed by atoms with Gasteiger partial charge in [-0.2, -0.15) is 0 Å². The normalized spacial score (nSPS) is 15.3. The van der Waals surface area contributed by atoms with E-state index in [0.717, 1.165) is 5.70 Å². The van der Waals surface area contributed by atoms with Crippen LogP contribution < -0.4 is 10.6 Å². The molecule has 0 saturated heterocycles. The van der Waals surface area contributed by atoms with Crippen molar-refractivity contribution in [1.29, 1.82) is 0 Å². The third-order valence-electron chi connectivity index (χ3n) is 5.05. The Labute approximate surface area is 165 Å². The summed E-state index contributed by atoms with van der Waals surface area (Å²) in [4.78, 5) is 26.2. The Morgan fingerprint density at radius 2 is 1.63 bits per heavy atom. The van der Waals surface area contributed by atoms with Crippen LogP contribution in [0.4, 0.5) is 0 Å². The van der Waals surface area contributed by atoms with Crippen LogP contribution >= 0.6 is 0 Å². The summed E-state index contributed by atoms with van der Waals surface area (Å²) in [5.74, 6) is -0.995. The van der Waals surface area contributed by atoms with Crippen LogP contribution in [0.5, 0.6) is 0 Å². The molecule has 0 aromatic rings. The van der Waals surface area contributed by atoms with E-state index >= 15 is 0 Å². The summed E-state index contributed by atoms with van der Waals surface area (Å²) < 4.78 is 0. The molecule has 0 spiro atoms. The van der Waals surface area contributed by atoms with Crippen LogP contribution in [-0.2, 0) is 9.59 Å². The van der Waals surface area contributed by atoms with E-state index in [2.05, 4.69) is 17.2 Å². The summed E-state index contributed by atoms with van der Waals surface area (Å²) in [6, 6.07) is -0.812. The quantitative estimate of drug-likeness (QED) is 0.535. The van der Waals surface area contributed by atoms with E-state index in [-0.39, 0.29) is 34.4 Å². The largest absolute Gasteiger partial charge is 0.478 e. The van der Waals surface area contributed by atoms with Crippen molar-refractivity contribution in [2.24, 2.45) is 11.3 Å². The molecule has 0 bridgehead atoms. The lowest BCUT2D eigenvalue weighted by molar-refractivity contribution is -0.137. The number of carbonyl (C=O) groups is 2. The molecule has 0 aromatic carbocycles.